The Morgan fingerprint density at radius 1 is 1.25 bits per heavy atom. The second kappa shape index (κ2) is 5.38. The quantitative estimate of drug-likeness (QED) is 0.654. The Balaban J connectivity index is 1.95. The molecule has 0 spiro atoms. The third-order valence-corrected chi connectivity index (χ3v) is 5.65. The van der Waals surface area contributed by atoms with Crippen LogP contribution >= 0.6 is 0 Å². The average molecular weight is 274 g/mol. The summed E-state index contributed by atoms with van der Waals surface area (Å²) in [7, 11) is 1.76. The van der Waals surface area contributed by atoms with Crippen molar-refractivity contribution in [1.82, 2.24) is 5.43 Å². The highest BCUT2D eigenvalue weighted by molar-refractivity contribution is 5.47. The van der Waals surface area contributed by atoms with Crippen molar-refractivity contribution in [3.63, 3.8) is 0 Å². The smallest absolute Gasteiger partial charge is 0.126 e. The fraction of sp³-hybridized carbons (Fsp3) is 0.647. The fourth-order valence-corrected chi connectivity index (χ4v) is 4.47. The van der Waals surface area contributed by atoms with Crippen molar-refractivity contribution in [3.05, 3.63) is 28.8 Å². The van der Waals surface area contributed by atoms with Gasteiger partial charge < -0.3 is 4.74 Å². The molecule has 110 valence electrons. The predicted octanol–water partition coefficient (Wildman–Crippen LogP) is 3.25. The van der Waals surface area contributed by atoms with E-state index in [2.05, 4.69) is 31.4 Å². The second-order valence-corrected chi connectivity index (χ2v) is 6.61. The van der Waals surface area contributed by atoms with E-state index in [1.54, 1.807) is 7.11 Å². The first kappa shape index (κ1) is 13.9. The molecule has 2 aliphatic carbocycles. The maximum absolute atomic E-state index is 5.92. The molecule has 2 fully saturated rings. The fourth-order valence-electron chi connectivity index (χ4n) is 4.47. The number of hydrogen-bond donors (Lipinski definition) is 2. The molecule has 3 heteroatoms. The van der Waals surface area contributed by atoms with Gasteiger partial charge in [0.2, 0.25) is 0 Å². The molecule has 0 aromatic heterocycles. The summed E-state index contributed by atoms with van der Waals surface area (Å²) in [5, 5.41) is 0. The summed E-state index contributed by atoms with van der Waals surface area (Å²) in [6.07, 6.45) is 5.51. The van der Waals surface area contributed by atoms with Crippen molar-refractivity contribution in [2.45, 2.75) is 45.6 Å². The Morgan fingerprint density at radius 3 is 2.60 bits per heavy atom. The van der Waals surface area contributed by atoms with E-state index in [0.29, 0.717) is 5.92 Å². The largest absolute Gasteiger partial charge is 0.496 e. The van der Waals surface area contributed by atoms with Crippen LogP contribution in [-0.2, 0) is 0 Å². The number of nitrogens with one attached hydrogen (secondary N) is 1. The van der Waals surface area contributed by atoms with Gasteiger partial charge in [0.25, 0.3) is 0 Å². The van der Waals surface area contributed by atoms with E-state index in [9.17, 15) is 0 Å². The lowest BCUT2D eigenvalue weighted by atomic mass is 9.80. The molecule has 2 saturated carbocycles. The minimum absolute atomic E-state index is 0.222. The SMILES string of the molecule is COc1c(C(NN)C2CC3CCC2C3)ccc(C)c1C. The lowest BCUT2D eigenvalue weighted by Gasteiger charge is -2.31. The maximum Gasteiger partial charge on any atom is 0.126 e. The monoisotopic (exact) mass is 274 g/mol. The molecule has 0 heterocycles. The standard InChI is InChI=1S/C17H26N2O/c1-10-4-7-14(17(20-3)11(10)2)16(19-18)15-9-12-5-6-13(15)8-12/h4,7,12-13,15-16,19H,5-6,8-9,18H2,1-3H3. The number of aryl methyl sites for hydroxylation is 1. The molecule has 0 aliphatic heterocycles. The second-order valence-electron chi connectivity index (χ2n) is 6.61. The first-order valence-corrected chi connectivity index (χ1v) is 7.76. The van der Waals surface area contributed by atoms with Gasteiger partial charge in [-0.3, -0.25) is 11.3 Å². The van der Waals surface area contributed by atoms with Crippen LogP contribution in [0.1, 0.15) is 48.4 Å². The highest BCUT2D eigenvalue weighted by Crippen LogP contribution is 2.53. The summed E-state index contributed by atoms with van der Waals surface area (Å²) in [6.45, 7) is 4.26. The van der Waals surface area contributed by atoms with Crippen molar-refractivity contribution in [2.24, 2.45) is 23.6 Å². The molecule has 0 radical (unpaired) electrons. The molecule has 20 heavy (non-hydrogen) atoms. The molecular weight excluding hydrogens is 248 g/mol. The highest BCUT2D eigenvalue weighted by atomic mass is 16.5. The Bertz CT molecular complexity index is 500. The Labute approximate surface area is 121 Å². The van der Waals surface area contributed by atoms with Gasteiger partial charge in [-0.25, -0.2) is 0 Å². The van der Waals surface area contributed by atoms with Gasteiger partial charge in [-0.1, -0.05) is 18.6 Å². The van der Waals surface area contributed by atoms with Crippen LogP contribution in [0.2, 0.25) is 0 Å². The highest BCUT2D eigenvalue weighted by Gasteiger charge is 2.43. The number of rotatable bonds is 4. The molecule has 4 atom stereocenters. The van der Waals surface area contributed by atoms with E-state index >= 15 is 0 Å². The molecule has 2 aliphatic rings. The summed E-state index contributed by atoms with van der Waals surface area (Å²) in [5.41, 5.74) is 6.82. The lowest BCUT2D eigenvalue weighted by molar-refractivity contribution is 0.247. The van der Waals surface area contributed by atoms with Gasteiger partial charge >= 0.3 is 0 Å². The lowest BCUT2D eigenvalue weighted by Crippen LogP contribution is -2.36. The van der Waals surface area contributed by atoms with E-state index in [0.717, 1.165) is 17.6 Å². The van der Waals surface area contributed by atoms with E-state index in [1.165, 1.54) is 42.4 Å². The van der Waals surface area contributed by atoms with Crippen LogP contribution in [0.5, 0.6) is 5.75 Å². The summed E-state index contributed by atoms with van der Waals surface area (Å²) >= 11 is 0. The van der Waals surface area contributed by atoms with Crippen LogP contribution in [-0.4, -0.2) is 7.11 Å². The summed E-state index contributed by atoms with van der Waals surface area (Å²) in [5.74, 6) is 9.36. The summed E-state index contributed by atoms with van der Waals surface area (Å²) in [4.78, 5) is 0. The van der Waals surface area contributed by atoms with Crippen LogP contribution in [0.15, 0.2) is 12.1 Å². The first-order chi connectivity index (χ1) is 9.65. The Hall–Kier alpha value is -1.06. The molecule has 0 saturated heterocycles. The molecule has 2 bridgehead atoms. The summed E-state index contributed by atoms with van der Waals surface area (Å²) in [6, 6.07) is 4.60. The molecule has 1 aromatic carbocycles. The molecule has 0 amide bonds. The molecule has 4 unspecified atom stereocenters. The number of nitrogens with two attached hydrogens (primary N) is 1. The van der Waals surface area contributed by atoms with Crippen LogP contribution in [0.4, 0.5) is 0 Å². The number of hydrazine groups is 1. The minimum Gasteiger partial charge on any atom is -0.496 e. The van der Waals surface area contributed by atoms with Gasteiger partial charge in [0.05, 0.1) is 13.2 Å². The van der Waals surface area contributed by atoms with Crippen molar-refractivity contribution >= 4 is 0 Å². The average Bonchev–Trinajstić information content (AvgIpc) is 3.06. The van der Waals surface area contributed by atoms with E-state index < -0.39 is 0 Å². The third-order valence-electron chi connectivity index (χ3n) is 5.65. The summed E-state index contributed by atoms with van der Waals surface area (Å²) < 4.78 is 5.68. The van der Waals surface area contributed by atoms with Gasteiger partial charge in [-0.05, 0) is 62.0 Å². The van der Waals surface area contributed by atoms with E-state index in [1.807, 2.05) is 0 Å². The van der Waals surface area contributed by atoms with Crippen molar-refractivity contribution in [1.29, 1.82) is 0 Å². The topological polar surface area (TPSA) is 47.3 Å². The van der Waals surface area contributed by atoms with E-state index in [4.69, 9.17) is 10.6 Å². The third kappa shape index (κ3) is 2.13. The zero-order valence-corrected chi connectivity index (χ0v) is 12.8. The number of ether oxygens (including phenoxy) is 1. The minimum atomic E-state index is 0.222. The zero-order valence-electron chi connectivity index (χ0n) is 12.8. The molecular formula is C17H26N2O. The molecule has 1 aromatic rings. The van der Waals surface area contributed by atoms with Gasteiger partial charge in [-0.15, -0.1) is 0 Å². The molecule has 3 nitrogen and oxygen atoms in total. The molecule has 3 rings (SSSR count). The van der Waals surface area contributed by atoms with Crippen LogP contribution in [0.25, 0.3) is 0 Å². The van der Waals surface area contributed by atoms with Crippen LogP contribution in [0.3, 0.4) is 0 Å². The van der Waals surface area contributed by atoms with Crippen LogP contribution in [0, 0.1) is 31.6 Å². The van der Waals surface area contributed by atoms with Crippen molar-refractivity contribution < 1.29 is 4.74 Å². The number of benzene rings is 1. The van der Waals surface area contributed by atoms with Crippen LogP contribution < -0.4 is 16.0 Å². The van der Waals surface area contributed by atoms with Crippen molar-refractivity contribution in [3.8, 4) is 5.75 Å². The van der Waals surface area contributed by atoms with Gasteiger partial charge in [0, 0.05) is 5.56 Å². The number of hydrogen-bond acceptors (Lipinski definition) is 3. The predicted molar refractivity (Wildman–Crippen MR) is 81.5 cm³/mol. The first-order valence-electron chi connectivity index (χ1n) is 7.76. The number of fused-ring (bicyclic) bond motifs is 2. The van der Waals surface area contributed by atoms with E-state index in [-0.39, 0.29) is 6.04 Å². The van der Waals surface area contributed by atoms with Gasteiger partial charge in [0.15, 0.2) is 0 Å². The van der Waals surface area contributed by atoms with Gasteiger partial charge in [0.1, 0.15) is 5.75 Å². The Morgan fingerprint density at radius 2 is 2.05 bits per heavy atom. The normalized spacial score (nSPS) is 29.7. The maximum atomic E-state index is 5.92. The van der Waals surface area contributed by atoms with Gasteiger partial charge in [-0.2, -0.15) is 0 Å². The molecule has 3 N–H and O–H groups in total. The van der Waals surface area contributed by atoms with Crippen molar-refractivity contribution in [2.75, 3.05) is 7.11 Å². The number of methoxy groups -OCH3 is 1. The Kier molecular flexibility index (Phi) is 3.74. The zero-order chi connectivity index (χ0) is 14.3.